The van der Waals surface area contributed by atoms with Gasteiger partial charge in [0.05, 0.1) is 24.1 Å². The molecular weight excluding hydrogens is 351 g/mol. The Morgan fingerprint density at radius 2 is 1.78 bits per heavy atom. The quantitative estimate of drug-likeness (QED) is 0.670. The fourth-order valence-corrected chi connectivity index (χ4v) is 2.36. The first-order chi connectivity index (χ1) is 13.1. The van der Waals surface area contributed by atoms with E-state index in [1.807, 2.05) is 0 Å². The second kappa shape index (κ2) is 8.66. The summed E-state index contributed by atoms with van der Waals surface area (Å²) in [6, 6.07) is 15.8. The molecule has 0 spiro atoms. The molecule has 0 atom stereocenters. The van der Waals surface area contributed by atoms with Gasteiger partial charge in [-0.3, -0.25) is 9.59 Å². The van der Waals surface area contributed by atoms with Gasteiger partial charge in [-0.1, -0.05) is 24.3 Å². The third kappa shape index (κ3) is 4.94. The Balaban J connectivity index is 1.60. The number of furan rings is 1. The van der Waals surface area contributed by atoms with Crippen molar-refractivity contribution in [3.8, 4) is 5.75 Å². The second-order valence-electron chi connectivity index (χ2n) is 5.57. The summed E-state index contributed by atoms with van der Waals surface area (Å²) in [5.41, 5.74) is 0.625. The number of ether oxygens (including phenoxy) is 1. The molecule has 2 amide bonds. The summed E-state index contributed by atoms with van der Waals surface area (Å²) < 4.78 is 23.9. The molecule has 0 unspecified atom stereocenters. The fourth-order valence-electron chi connectivity index (χ4n) is 2.36. The van der Waals surface area contributed by atoms with Crippen LogP contribution in [0, 0.1) is 5.82 Å². The molecule has 0 bridgehead atoms. The number of para-hydroxylation sites is 2. The Labute approximate surface area is 155 Å². The molecule has 0 aliphatic rings. The molecule has 3 aromatic rings. The number of nitrogens with one attached hydrogen (secondary N) is 2. The molecular formula is C20H17FN2O4. The minimum atomic E-state index is -0.553. The van der Waals surface area contributed by atoms with Crippen molar-refractivity contribution in [1.82, 2.24) is 5.32 Å². The van der Waals surface area contributed by atoms with Crippen LogP contribution in [0.3, 0.4) is 0 Å². The van der Waals surface area contributed by atoms with Crippen LogP contribution >= 0.6 is 0 Å². The zero-order valence-electron chi connectivity index (χ0n) is 14.3. The lowest BCUT2D eigenvalue weighted by Crippen LogP contribution is -2.26. The number of anilines is 1. The topological polar surface area (TPSA) is 80.6 Å². The van der Waals surface area contributed by atoms with Gasteiger partial charge in [-0.2, -0.15) is 0 Å². The van der Waals surface area contributed by atoms with Crippen molar-refractivity contribution in [3.63, 3.8) is 0 Å². The van der Waals surface area contributed by atoms with Crippen molar-refractivity contribution < 1.29 is 23.1 Å². The lowest BCUT2D eigenvalue weighted by molar-refractivity contribution is -0.118. The summed E-state index contributed by atoms with van der Waals surface area (Å²) in [5.74, 6) is -0.829. The van der Waals surface area contributed by atoms with Crippen LogP contribution in [0.25, 0.3) is 0 Å². The van der Waals surface area contributed by atoms with Crippen LogP contribution in [0.1, 0.15) is 16.1 Å². The van der Waals surface area contributed by atoms with Crippen molar-refractivity contribution in [3.05, 3.63) is 84.1 Å². The van der Waals surface area contributed by atoms with Gasteiger partial charge < -0.3 is 19.8 Å². The molecule has 1 aromatic heterocycles. The number of amides is 2. The molecule has 0 fully saturated rings. The molecule has 27 heavy (non-hydrogen) atoms. The number of carbonyl (C=O) groups excluding carboxylic acids is 2. The van der Waals surface area contributed by atoms with E-state index in [-0.39, 0.29) is 24.8 Å². The lowest BCUT2D eigenvalue weighted by Gasteiger charge is -2.12. The van der Waals surface area contributed by atoms with Gasteiger partial charge in [-0.25, -0.2) is 4.39 Å². The van der Waals surface area contributed by atoms with Crippen molar-refractivity contribution in [2.75, 3.05) is 11.9 Å². The van der Waals surface area contributed by atoms with E-state index in [0.717, 1.165) is 0 Å². The van der Waals surface area contributed by atoms with Crippen LogP contribution in [0.15, 0.2) is 71.3 Å². The van der Waals surface area contributed by atoms with Crippen molar-refractivity contribution in [2.24, 2.45) is 0 Å². The van der Waals surface area contributed by atoms with E-state index >= 15 is 0 Å². The molecule has 138 valence electrons. The minimum absolute atomic E-state index is 0.0165. The maximum absolute atomic E-state index is 13.5. The van der Waals surface area contributed by atoms with Crippen LogP contribution < -0.4 is 15.4 Å². The van der Waals surface area contributed by atoms with E-state index < -0.39 is 11.7 Å². The number of rotatable bonds is 7. The van der Waals surface area contributed by atoms with Gasteiger partial charge in [0.1, 0.15) is 5.76 Å². The fraction of sp³-hybridized carbons (Fsp3) is 0.100. The largest absolute Gasteiger partial charge is 0.481 e. The predicted octanol–water partition coefficient (Wildman–Crippen LogP) is 3.37. The minimum Gasteiger partial charge on any atom is -0.481 e. The lowest BCUT2D eigenvalue weighted by atomic mass is 10.1. The first kappa shape index (κ1) is 18.2. The molecule has 7 heteroatoms. The van der Waals surface area contributed by atoms with Crippen LogP contribution in [0.4, 0.5) is 10.1 Å². The molecule has 6 nitrogen and oxygen atoms in total. The molecule has 0 radical (unpaired) electrons. The van der Waals surface area contributed by atoms with Crippen molar-refractivity contribution in [2.45, 2.75) is 6.54 Å². The number of carbonyl (C=O) groups is 2. The third-order valence-corrected chi connectivity index (χ3v) is 3.64. The van der Waals surface area contributed by atoms with Gasteiger partial charge in [-0.05, 0) is 36.4 Å². The van der Waals surface area contributed by atoms with Gasteiger partial charge in [0.2, 0.25) is 0 Å². The first-order valence-electron chi connectivity index (χ1n) is 8.20. The van der Waals surface area contributed by atoms with Gasteiger partial charge in [-0.15, -0.1) is 0 Å². The number of hydrogen-bond donors (Lipinski definition) is 2. The predicted molar refractivity (Wildman–Crippen MR) is 96.8 cm³/mol. The van der Waals surface area contributed by atoms with Crippen LogP contribution in [0.2, 0.25) is 0 Å². The summed E-state index contributed by atoms with van der Waals surface area (Å²) in [7, 11) is 0. The van der Waals surface area contributed by atoms with Crippen LogP contribution in [-0.4, -0.2) is 18.4 Å². The van der Waals surface area contributed by atoms with Gasteiger partial charge in [0, 0.05) is 0 Å². The maximum atomic E-state index is 13.5. The Morgan fingerprint density at radius 1 is 1.00 bits per heavy atom. The Morgan fingerprint density at radius 3 is 2.56 bits per heavy atom. The molecule has 1 heterocycles. The van der Waals surface area contributed by atoms with E-state index in [4.69, 9.17) is 9.15 Å². The molecule has 3 rings (SSSR count). The summed E-state index contributed by atoms with van der Waals surface area (Å²) in [6.45, 7) is -0.159. The monoisotopic (exact) mass is 368 g/mol. The number of hydrogen-bond acceptors (Lipinski definition) is 4. The van der Waals surface area contributed by atoms with E-state index in [1.54, 1.807) is 42.5 Å². The zero-order chi connectivity index (χ0) is 19.1. The van der Waals surface area contributed by atoms with Gasteiger partial charge in [0.25, 0.3) is 11.8 Å². The second-order valence-corrected chi connectivity index (χ2v) is 5.57. The van der Waals surface area contributed by atoms with E-state index in [2.05, 4.69) is 10.6 Å². The standard InChI is InChI=1S/C20H17FN2O4/c21-16-8-2-4-10-18(16)27-13-19(24)23-17-9-3-1-7-15(17)20(25)22-12-14-6-5-11-26-14/h1-11H,12-13H2,(H,22,25)(H,23,24). The molecule has 2 aromatic carbocycles. The highest BCUT2D eigenvalue weighted by Crippen LogP contribution is 2.17. The summed E-state index contributed by atoms with van der Waals surface area (Å²) in [5, 5.41) is 5.32. The average Bonchev–Trinajstić information content (AvgIpc) is 3.19. The zero-order valence-corrected chi connectivity index (χ0v) is 14.3. The van der Waals surface area contributed by atoms with Crippen molar-refractivity contribution >= 4 is 17.5 Å². The first-order valence-corrected chi connectivity index (χ1v) is 8.20. The molecule has 0 aliphatic heterocycles. The highest BCUT2D eigenvalue weighted by Gasteiger charge is 2.14. The molecule has 0 aliphatic carbocycles. The van der Waals surface area contributed by atoms with Crippen molar-refractivity contribution in [1.29, 1.82) is 0 Å². The van der Waals surface area contributed by atoms with E-state index in [1.165, 1.54) is 24.5 Å². The third-order valence-electron chi connectivity index (χ3n) is 3.64. The number of benzene rings is 2. The van der Waals surface area contributed by atoms with Crippen LogP contribution in [0.5, 0.6) is 5.75 Å². The highest BCUT2D eigenvalue weighted by atomic mass is 19.1. The normalized spacial score (nSPS) is 10.3. The summed E-state index contributed by atoms with van der Waals surface area (Å²) in [6.07, 6.45) is 1.52. The Kier molecular flexibility index (Phi) is 5.84. The summed E-state index contributed by atoms with van der Waals surface area (Å²) >= 11 is 0. The Hall–Kier alpha value is -3.61. The summed E-state index contributed by atoms with van der Waals surface area (Å²) in [4.78, 5) is 24.5. The molecule has 0 saturated carbocycles. The smallest absolute Gasteiger partial charge is 0.262 e. The van der Waals surface area contributed by atoms with Gasteiger partial charge in [0.15, 0.2) is 18.2 Å². The maximum Gasteiger partial charge on any atom is 0.262 e. The SMILES string of the molecule is O=C(COc1ccccc1F)Nc1ccccc1C(=O)NCc1ccco1. The Bertz CT molecular complexity index is 925. The highest BCUT2D eigenvalue weighted by molar-refractivity contribution is 6.03. The molecule has 2 N–H and O–H groups in total. The van der Waals surface area contributed by atoms with E-state index in [0.29, 0.717) is 17.0 Å². The van der Waals surface area contributed by atoms with Gasteiger partial charge >= 0.3 is 0 Å². The molecule has 0 saturated heterocycles. The van der Waals surface area contributed by atoms with Crippen LogP contribution in [-0.2, 0) is 11.3 Å². The number of halogens is 1. The average molecular weight is 368 g/mol. The van der Waals surface area contributed by atoms with E-state index in [9.17, 15) is 14.0 Å².